The summed E-state index contributed by atoms with van der Waals surface area (Å²) in [7, 11) is 0. The van der Waals surface area contributed by atoms with E-state index >= 15 is 0 Å². The van der Waals surface area contributed by atoms with Crippen molar-refractivity contribution in [2.24, 2.45) is 0 Å². The molecule has 0 amide bonds. The minimum absolute atomic E-state index is 1.10. The summed E-state index contributed by atoms with van der Waals surface area (Å²) >= 11 is 0. The van der Waals surface area contributed by atoms with E-state index in [1.54, 1.807) is 0 Å². The summed E-state index contributed by atoms with van der Waals surface area (Å²) in [6.07, 6.45) is 26.5. The topological polar surface area (TPSA) is 0 Å². The molecule has 0 aromatic rings. The number of rotatable bonds is 12. The van der Waals surface area contributed by atoms with Crippen LogP contribution in [0.25, 0.3) is 0 Å². The van der Waals surface area contributed by atoms with Gasteiger partial charge in [-0.2, -0.15) is 0 Å². The fourth-order valence-corrected chi connectivity index (χ4v) is 1.77. The maximum atomic E-state index is 2.32. The highest BCUT2D eigenvalue weighted by Gasteiger charge is 1.81. The van der Waals surface area contributed by atoms with Crippen LogP contribution in [0, 0.1) is 0 Å². The molecule has 0 heterocycles. The monoisotopic (exact) mass is 248 g/mol. The van der Waals surface area contributed by atoms with Crippen molar-refractivity contribution in [1.29, 1.82) is 0 Å². The summed E-state index contributed by atoms with van der Waals surface area (Å²) in [5.74, 6) is 0. The molecule has 0 aromatic heterocycles. The van der Waals surface area contributed by atoms with E-state index in [4.69, 9.17) is 0 Å². The Hall–Kier alpha value is -0.780. The number of hydrogen-bond acceptors (Lipinski definition) is 0. The van der Waals surface area contributed by atoms with E-state index in [1.165, 1.54) is 57.8 Å². The molecule has 0 nitrogen and oxygen atoms in total. The summed E-state index contributed by atoms with van der Waals surface area (Å²) in [6, 6.07) is 0. The highest BCUT2D eigenvalue weighted by Crippen LogP contribution is 2.01. The largest absolute Gasteiger partial charge is 0.0885 e. The summed E-state index contributed by atoms with van der Waals surface area (Å²) in [6.45, 7) is 4.50. The first-order valence-electron chi connectivity index (χ1n) is 7.86. The van der Waals surface area contributed by atoms with Gasteiger partial charge >= 0.3 is 0 Å². The predicted octanol–water partition coefficient (Wildman–Crippen LogP) is 6.60. The van der Waals surface area contributed by atoms with Crippen LogP contribution >= 0.6 is 0 Å². The summed E-state index contributed by atoms with van der Waals surface area (Å²) < 4.78 is 0. The van der Waals surface area contributed by atoms with Crippen molar-refractivity contribution < 1.29 is 0 Å². The maximum Gasteiger partial charge on any atom is -0.0169 e. The van der Waals surface area contributed by atoms with Gasteiger partial charge in [-0.05, 0) is 38.5 Å². The van der Waals surface area contributed by atoms with E-state index in [0.29, 0.717) is 0 Å². The molecule has 18 heavy (non-hydrogen) atoms. The SMILES string of the molecule is CCCCC=CCCC=CCC=CCCCCC. The zero-order chi connectivity index (χ0) is 13.3. The van der Waals surface area contributed by atoms with Crippen molar-refractivity contribution in [3.05, 3.63) is 36.5 Å². The molecule has 0 heteroatoms. The lowest BCUT2D eigenvalue weighted by molar-refractivity contribution is 0.728. The third kappa shape index (κ3) is 15.2. The number of allylic oxidation sites excluding steroid dienone is 6. The Labute approximate surface area is 115 Å². The predicted molar refractivity (Wildman–Crippen MR) is 84.9 cm³/mol. The molecule has 0 spiro atoms. The second kappa shape index (κ2) is 16.2. The molecule has 0 radical (unpaired) electrons. The first-order valence-corrected chi connectivity index (χ1v) is 7.86. The van der Waals surface area contributed by atoms with Gasteiger partial charge in [-0.3, -0.25) is 0 Å². The Morgan fingerprint density at radius 2 is 1.00 bits per heavy atom. The Kier molecular flexibility index (Phi) is 15.5. The second-order valence-electron chi connectivity index (χ2n) is 4.87. The molecular formula is C18H32. The third-order valence-electron chi connectivity index (χ3n) is 2.97. The molecular weight excluding hydrogens is 216 g/mol. The van der Waals surface area contributed by atoms with Crippen molar-refractivity contribution in [1.82, 2.24) is 0 Å². The van der Waals surface area contributed by atoms with Crippen LogP contribution in [0.15, 0.2) is 36.5 Å². The average Bonchev–Trinajstić information content (AvgIpc) is 2.39. The molecule has 0 rings (SSSR count). The van der Waals surface area contributed by atoms with Gasteiger partial charge < -0.3 is 0 Å². The lowest BCUT2D eigenvalue weighted by Crippen LogP contribution is -1.71. The fourth-order valence-electron chi connectivity index (χ4n) is 1.77. The van der Waals surface area contributed by atoms with Crippen LogP contribution in [-0.2, 0) is 0 Å². The van der Waals surface area contributed by atoms with Crippen LogP contribution in [0.2, 0.25) is 0 Å². The van der Waals surface area contributed by atoms with Crippen LogP contribution in [-0.4, -0.2) is 0 Å². The van der Waals surface area contributed by atoms with E-state index in [1.807, 2.05) is 0 Å². The molecule has 0 N–H and O–H groups in total. The summed E-state index contributed by atoms with van der Waals surface area (Å²) in [4.78, 5) is 0. The second-order valence-corrected chi connectivity index (χ2v) is 4.87. The Balaban J connectivity index is 3.25. The summed E-state index contributed by atoms with van der Waals surface area (Å²) in [5.41, 5.74) is 0. The Morgan fingerprint density at radius 3 is 1.67 bits per heavy atom. The van der Waals surface area contributed by atoms with Gasteiger partial charge in [-0.15, -0.1) is 0 Å². The fraction of sp³-hybridized carbons (Fsp3) is 0.667. The normalized spacial score (nSPS) is 12.3. The quantitative estimate of drug-likeness (QED) is 0.270. The van der Waals surface area contributed by atoms with Crippen molar-refractivity contribution in [3.8, 4) is 0 Å². The molecule has 0 saturated heterocycles. The first kappa shape index (κ1) is 17.2. The van der Waals surface area contributed by atoms with Gasteiger partial charge in [0.15, 0.2) is 0 Å². The summed E-state index contributed by atoms with van der Waals surface area (Å²) in [5, 5.41) is 0. The lowest BCUT2D eigenvalue weighted by atomic mass is 10.2. The minimum Gasteiger partial charge on any atom is -0.0885 e. The minimum atomic E-state index is 1.10. The van der Waals surface area contributed by atoms with Crippen LogP contribution < -0.4 is 0 Å². The van der Waals surface area contributed by atoms with Crippen LogP contribution in [0.5, 0.6) is 0 Å². The van der Waals surface area contributed by atoms with Crippen LogP contribution in [0.1, 0.15) is 78.1 Å². The zero-order valence-corrected chi connectivity index (χ0v) is 12.5. The molecule has 104 valence electrons. The molecule has 0 aliphatic heterocycles. The van der Waals surface area contributed by atoms with Gasteiger partial charge in [0.2, 0.25) is 0 Å². The zero-order valence-electron chi connectivity index (χ0n) is 12.5. The highest BCUT2D eigenvalue weighted by atomic mass is 13.9. The van der Waals surface area contributed by atoms with Gasteiger partial charge in [0, 0.05) is 0 Å². The van der Waals surface area contributed by atoms with Gasteiger partial charge in [-0.25, -0.2) is 0 Å². The molecule has 0 aliphatic carbocycles. The number of hydrogen-bond donors (Lipinski definition) is 0. The van der Waals surface area contributed by atoms with Gasteiger partial charge in [0.25, 0.3) is 0 Å². The number of unbranched alkanes of at least 4 members (excludes halogenated alkanes) is 6. The van der Waals surface area contributed by atoms with Crippen molar-refractivity contribution in [2.75, 3.05) is 0 Å². The molecule has 0 saturated carbocycles. The standard InChI is InChI=1S/C18H32/c1-3-5-7-9-11-13-15-17-18-16-14-12-10-8-6-4-2/h9,11-12,14,17-18H,3-8,10,13,15-16H2,1-2H3. The van der Waals surface area contributed by atoms with Crippen molar-refractivity contribution in [3.63, 3.8) is 0 Å². The first-order chi connectivity index (χ1) is 8.91. The van der Waals surface area contributed by atoms with Gasteiger partial charge in [-0.1, -0.05) is 76.0 Å². The molecule has 0 unspecified atom stereocenters. The Bertz CT molecular complexity index is 220. The van der Waals surface area contributed by atoms with E-state index in [2.05, 4.69) is 50.3 Å². The van der Waals surface area contributed by atoms with Gasteiger partial charge in [0.05, 0.1) is 0 Å². The molecule has 0 atom stereocenters. The maximum absolute atomic E-state index is 2.32. The van der Waals surface area contributed by atoms with E-state index in [0.717, 1.165) is 6.42 Å². The van der Waals surface area contributed by atoms with Gasteiger partial charge in [0.1, 0.15) is 0 Å². The van der Waals surface area contributed by atoms with Crippen LogP contribution in [0.3, 0.4) is 0 Å². The van der Waals surface area contributed by atoms with Crippen molar-refractivity contribution >= 4 is 0 Å². The molecule has 0 fully saturated rings. The van der Waals surface area contributed by atoms with E-state index in [-0.39, 0.29) is 0 Å². The van der Waals surface area contributed by atoms with E-state index < -0.39 is 0 Å². The average molecular weight is 248 g/mol. The molecule has 0 bridgehead atoms. The van der Waals surface area contributed by atoms with Crippen LogP contribution in [0.4, 0.5) is 0 Å². The highest BCUT2D eigenvalue weighted by molar-refractivity contribution is 4.94. The van der Waals surface area contributed by atoms with Crippen molar-refractivity contribution in [2.45, 2.75) is 78.1 Å². The molecule has 0 aromatic carbocycles. The lowest BCUT2D eigenvalue weighted by Gasteiger charge is -1.91. The third-order valence-corrected chi connectivity index (χ3v) is 2.97. The Morgan fingerprint density at radius 1 is 0.500 bits per heavy atom. The molecule has 0 aliphatic rings. The smallest absolute Gasteiger partial charge is 0.0169 e. The van der Waals surface area contributed by atoms with E-state index in [9.17, 15) is 0 Å².